The number of amides is 2. The van der Waals surface area contributed by atoms with Gasteiger partial charge in [0, 0.05) is 17.4 Å². The standard InChI is InChI=1S/C13H17BrN2O2/c1-2-3-13(18)16(9-12(15)17)8-10-4-6-11(14)7-5-10/h4-7H,2-3,8-9H2,1H3,(H2,15,17). The fraction of sp³-hybridized carbons (Fsp3) is 0.385. The summed E-state index contributed by atoms with van der Waals surface area (Å²) in [4.78, 5) is 24.3. The van der Waals surface area contributed by atoms with Crippen LogP contribution in [-0.4, -0.2) is 23.3 Å². The van der Waals surface area contributed by atoms with Gasteiger partial charge in [0.25, 0.3) is 0 Å². The Bertz CT molecular complexity index is 418. The second-order valence-electron chi connectivity index (χ2n) is 4.09. The number of halogens is 1. The number of hydrogen-bond acceptors (Lipinski definition) is 2. The zero-order chi connectivity index (χ0) is 13.5. The van der Waals surface area contributed by atoms with Gasteiger partial charge in [-0.3, -0.25) is 9.59 Å². The Balaban J connectivity index is 2.74. The van der Waals surface area contributed by atoms with E-state index in [0.29, 0.717) is 13.0 Å². The van der Waals surface area contributed by atoms with E-state index in [-0.39, 0.29) is 12.5 Å². The second-order valence-corrected chi connectivity index (χ2v) is 5.01. The van der Waals surface area contributed by atoms with Crippen LogP contribution >= 0.6 is 15.9 Å². The van der Waals surface area contributed by atoms with Crippen molar-refractivity contribution in [2.24, 2.45) is 5.73 Å². The Labute approximate surface area is 115 Å². The molecule has 0 aliphatic heterocycles. The molecule has 4 nitrogen and oxygen atoms in total. The molecule has 98 valence electrons. The minimum atomic E-state index is -0.489. The van der Waals surface area contributed by atoms with E-state index < -0.39 is 5.91 Å². The summed E-state index contributed by atoms with van der Waals surface area (Å²) in [5.41, 5.74) is 6.14. The van der Waals surface area contributed by atoms with Crippen LogP contribution < -0.4 is 5.73 Å². The number of nitrogens with two attached hydrogens (primary N) is 1. The van der Waals surface area contributed by atoms with E-state index in [0.717, 1.165) is 16.5 Å². The molecule has 0 spiro atoms. The van der Waals surface area contributed by atoms with Gasteiger partial charge in [-0.1, -0.05) is 35.0 Å². The maximum Gasteiger partial charge on any atom is 0.237 e. The summed E-state index contributed by atoms with van der Waals surface area (Å²) in [6.07, 6.45) is 1.19. The first-order valence-electron chi connectivity index (χ1n) is 5.83. The van der Waals surface area contributed by atoms with Crippen LogP contribution in [0.4, 0.5) is 0 Å². The van der Waals surface area contributed by atoms with Gasteiger partial charge < -0.3 is 10.6 Å². The van der Waals surface area contributed by atoms with Gasteiger partial charge in [-0.05, 0) is 24.1 Å². The predicted octanol–water partition coefficient (Wildman–Crippen LogP) is 2.06. The molecule has 18 heavy (non-hydrogen) atoms. The van der Waals surface area contributed by atoms with Gasteiger partial charge in [0.1, 0.15) is 0 Å². The van der Waals surface area contributed by atoms with Crippen LogP contribution in [0.3, 0.4) is 0 Å². The summed E-state index contributed by atoms with van der Waals surface area (Å²) >= 11 is 3.35. The van der Waals surface area contributed by atoms with Crippen molar-refractivity contribution in [3.63, 3.8) is 0 Å². The highest BCUT2D eigenvalue weighted by Gasteiger charge is 2.15. The van der Waals surface area contributed by atoms with Gasteiger partial charge in [0.15, 0.2) is 0 Å². The first-order chi connectivity index (χ1) is 8.52. The number of carbonyl (C=O) groups excluding carboxylic acids is 2. The highest BCUT2D eigenvalue weighted by atomic mass is 79.9. The van der Waals surface area contributed by atoms with Crippen molar-refractivity contribution >= 4 is 27.7 Å². The molecular weight excluding hydrogens is 296 g/mol. The lowest BCUT2D eigenvalue weighted by atomic mass is 10.2. The topological polar surface area (TPSA) is 63.4 Å². The van der Waals surface area contributed by atoms with E-state index >= 15 is 0 Å². The predicted molar refractivity (Wildman–Crippen MR) is 73.7 cm³/mol. The van der Waals surface area contributed by atoms with Crippen LogP contribution in [0.1, 0.15) is 25.3 Å². The molecule has 0 unspecified atom stereocenters. The molecule has 2 N–H and O–H groups in total. The molecule has 0 aromatic heterocycles. The normalized spacial score (nSPS) is 10.1. The van der Waals surface area contributed by atoms with Crippen molar-refractivity contribution in [2.45, 2.75) is 26.3 Å². The number of nitrogens with zero attached hydrogens (tertiary/aromatic N) is 1. The molecule has 0 heterocycles. The SMILES string of the molecule is CCCC(=O)N(CC(N)=O)Cc1ccc(Br)cc1. The van der Waals surface area contributed by atoms with Crippen LogP contribution in [0.15, 0.2) is 28.7 Å². The first-order valence-corrected chi connectivity index (χ1v) is 6.62. The van der Waals surface area contributed by atoms with Gasteiger partial charge in [-0.2, -0.15) is 0 Å². The van der Waals surface area contributed by atoms with Crippen molar-refractivity contribution in [1.29, 1.82) is 0 Å². The van der Waals surface area contributed by atoms with Crippen LogP contribution in [0, 0.1) is 0 Å². The lowest BCUT2D eigenvalue weighted by Gasteiger charge is -2.21. The van der Waals surface area contributed by atoms with Gasteiger partial charge in [0.2, 0.25) is 11.8 Å². The second kappa shape index (κ2) is 7.16. The third-order valence-electron chi connectivity index (χ3n) is 2.45. The molecule has 0 saturated carbocycles. The quantitative estimate of drug-likeness (QED) is 0.874. The molecule has 2 amide bonds. The van der Waals surface area contributed by atoms with E-state index in [1.165, 1.54) is 4.90 Å². The zero-order valence-electron chi connectivity index (χ0n) is 10.4. The molecule has 0 aliphatic carbocycles. The summed E-state index contributed by atoms with van der Waals surface area (Å²) < 4.78 is 0.979. The minimum Gasteiger partial charge on any atom is -0.368 e. The Morgan fingerprint density at radius 3 is 2.39 bits per heavy atom. The first kappa shape index (κ1) is 14.7. The summed E-state index contributed by atoms with van der Waals surface area (Å²) in [6, 6.07) is 7.64. The summed E-state index contributed by atoms with van der Waals surface area (Å²) in [7, 11) is 0. The fourth-order valence-corrected chi connectivity index (χ4v) is 1.87. The van der Waals surface area contributed by atoms with Crippen molar-refractivity contribution < 1.29 is 9.59 Å². The lowest BCUT2D eigenvalue weighted by molar-refractivity contribution is -0.135. The van der Waals surface area contributed by atoms with Crippen molar-refractivity contribution in [1.82, 2.24) is 4.90 Å². The Hall–Kier alpha value is -1.36. The van der Waals surface area contributed by atoms with Gasteiger partial charge in [-0.25, -0.2) is 0 Å². The van der Waals surface area contributed by atoms with Crippen molar-refractivity contribution in [3.8, 4) is 0 Å². The molecule has 1 aromatic rings. The largest absolute Gasteiger partial charge is 0.368 e. The molecule has 0 bridgehead atoms. The van der Waals surface area contributed by atoms with Crippen LogP contribution in [0.2, 0.25) is 0 Å². The van der Waals surface area contributed by atoms with E-state index in [1.54, 1.807) is 0 Å². The van der Waals surface area contributed by atoms with Crippen LogP contribution in [0.25, 0.3) is 0 Å². The van der Waals surface area contributed by atoms with Crippen molar-refractivity contribution in [3.05, 3.63) is 34.3 Å². The highest BCUT2D eigenvalue weighted by molar-refractivity contribution is 9.10. The third kappa shape index (κ3) is 4.87. The summed E-state index contributed by atoms with van der Waals surface area (Å²) in [6.45, 7) is 2.31. The van der Waals surface area contributed by atoms with Gasteiger partial charge in [0.05, 0.1) is 6.54 Å². The number of benzene rings is 1. The molecule has 0 aliphatic rings. The van der Waals surface area contributed by atoms with Crippen LogP contribution in [0.5, 0.6) is 0 Å². The maximum atomic E-state index is 11.9. The molecule has 0 fully saturated rings. The number of rotatable bonds is 6. The van der Waals surface area contributed by atoms with E-state index in [1.807, 2.05) is 31.2 Å². The Morgan fingerprint density at radius 1 is 1.28 bits per heavy atom. The average molecular weight is 313 g/mol. The molecule has 1 rings (SSSR count). The maximum absolute atomic E-state index is 11.9. The van der Waals surface area contributed by atoms with Gasteiger partial charge >= 0.3 is 0 Å². The number of hydrogen-bond donors (Lipinski definition) is 1. The van der Waals surface area contributed by atoms with Crippen molar-refractivity contribution in [2.75, 3.05) is 6.54 Å². The highest BCUT2D eigenvalue weighted by Crippen LogP contribution is 2.13. The average Bonchev–Trinajstić information content (AvgIpc) is 2.31. The molecular formula is C13H17BrN2O2. The third-order valence-corrected chi connectivity index (χ3v) is 2.98. The molecule has 0 radical (unpaired) electrons. The molecule has 5 heteroatoms. The fourth-order valence-electron chi connectivity index (χ4n) is 1.60. The van der Waals surface area contributed by atoms with E-state index in [4.69, 9.17) is 5.73 Å². The lowest BCUT2D eigenvalue weighted by Crippen LogP contribution is -2.37. The minimum absolute atomic E-state index is 0.0328. The summed E-state index contributed by atoms with van der Waals surface area (Å²) in [5, 5.41) is 0. The Morgan fingerprint density at radius 2 is 1.89 bits per heavy atom. The Kier molecular flexibility index (Phi) is 5.85. The molecule has 0 atom stereocenters. The molecule has 1 aromatic carbocycles. The van der Waals surface area contributed by atoms with E-state index in [9.17, 15) is 9.59 Å². The van der Waals surface area contributed by atoms with Gasteiger partial charge in [-0.15, -0.1) is 0 Å². The zero-order valence-corrected chi connectivity index (χ0v) is 11.9. The monoisotopic (exact) mass is 312 g/mol. The number of carbonyl (C=O) groups is 2. The van der Waals surface area contributed by atoms with Crippen LogP contribution in [-0.2, 0) is 16.1 Å². The van der Waals surface area contributed by atoms with E-state index in [2.05, 4.69) is 15.9 Å². The smallest absolute Gasteiger partial charge is 0.237 e. The summed E-state index contributed by atoms with van der Waals surface area (Å²) in [5.74, 6) is -0.532. The number of primary amides is 1. The molecule has 0 saturated heterocycles.